The minimum Gasteiger partial charge on any atom is -0.484 e. The van der Waals surface area contributed by atoms with Crippen LogP contribution in [0.4, 0.5) is 18.0 Å². The van der Waals surface area contributed by atoms with E-state index in [1.54, 1.807) is 19.1 Å². The molecule has 134 valence electrons. The molecule has 1 fully saturated rings. The molecule has 0 saturated heterocycles. The summed E-state index contributed by atoms with van der Waals surface area (Å²) in [6.07, 6.45) is -2.57. The summed E-state index contributed by atoms with van der Waals surface area (Å²) in [5, 5.41) is 14.7. The summed E-state index contributed by atoms with van der Waals surface area (Å²) >= 11 is 0. The third-order valence-electron chi connectivity index (χ3n) is 4.05. The maximum Gasteiger partial charge on any atom is 0.422 e. The Morgan fingerprint density at radius 1 is 1.33 bits per heavy atom. The fourth-order valence-electron chi connectivity index (χ4n) is 2.18. The van der Waals surface area contributed by atoms with Crippen molar-refractivity contribution in [3.63, 3.8) is 0 Å². The summed E-state index contributed by atoms with van der Waals surface area (Å²) in [7, 11) is 0. The van der Waals surface area contributed by atoms with Crippen molar-refractivity contribution in [2.75, 3.05) is 19.8 Å². The number of hydrogen-bond acceptors (Lipinski definition) is 3. The first-order valence-electron chi connectivity index (χ1n) is 7.68. The zero-order valence-electron chi connectivity index (χ0n) is 13.3. The number of halogens is 3. The van der Waals surface area contributed by atoms with Gasteiger partial charge in [0, 0.05) is 12.0 Å². The van der Waals surface area contributed by atoms with Crippen LogP contribution in [0.5, 0.6) is 5.75 Å². The number of carbonyl (C=O) groups is 1. The van der Waals surface area contributed by atoms with Crippen LogP contribution in [0.3, 0.4) is 0 Å². The van der Waals surface area contributed by atoms with Crippen molar-refractivity contribution in [1.29, 1.82) is 0 Å². The van der Waals surface area contributed by atoms with Crippen LogP contribution in [0.2, 0.25) is 0 Å². The molecule has 1 aliphatic carbocycles. The maximum absolute atomic E-state index is 12.1. The van der Waals surface area contributed by atoms with E-state index >= 15 is 0 Å². The molecule has 1 atom stereocenters. The van der Waals surface area contributed by atoms with E-state index in [0.29, 0.717) is 6.54 Å². The zero-order valence-corrected chi connectivity index (χ0v) is 13.3. The Kier molecular flexibility index (Phi) is 5.58. The molecule has 24 heavy (non-hydrogen) atoms. The second-order valence-corrected chi connectivity index (χ2v) is 6.18. The molecule has 0 spiro atoms. The number of carbonyl (C=O) groups excluding carboxylic acids is 1. The van der Waals surface area contributed by atoms with Gasteiger partial charge in [0.15, 0.2) is 6.61 Å². The minimum absolute atomic E-state index is 0.0578. The number of ether oxygens (including phenoxy) is 1. The van der Waals surface area contributed by atoms with Crippen LogP contribution in [-0.4, -0.2) is 37.1 Å². The molecule has 1 aliphatic rings. The minimum atomic E-state index is -4.38. The van der Waals surface area contributed by atoms with Crippen LogP contribution in [-0.2, 0) is 0 Å². The SMILES string of the molecule is CC(NC(=O)NCC1(CO)CC1)c1ccc(OCC(F)(F)F)cc1. The van der Waals surface area contributed by atoms with Crippen LogP contribution < -0.4 is 15.4 Å². The topological polar surface area (TPSA) is 70.6 Å². The molecular weight excluding hydrogens is 325 g/mol. The average Bonchev–Trinajstić information content (AvgIpc) is 3.31. The van der Waals surface area contributed by atoms with Gasteiger partial charge in [0.05, 0.1) is 12.6 Å². The van der Waals surface area contributed by atoms with E-state index in [9.17, 15) is 23.1 Å². The first-order valence-corrected chi connectivity index (χ1v) is 7.68. The van der Waals surface area contributed by atoms with E-state index in [-0.39, 0.29) is 29.8 Å². The molecule has 0 aliphatic heterocycles. The molecule has 1 unspecified atom stereocenters. The van der Waals surface area contributed by atoms with Crippen molar-refractivity contribution in [2.24, 2.45) is 5.41 Å². The van der Waals surface area contributed by atoms with Crippen LogP contribution in [0, 0.1) is 5.41 Å². The van der Waals surface area contributed by atoms with Gasteiger partial charge < -0.3 is 20.5 Å². The Labute approximate surface area is 138 Å². The molecule has 0 radical (unpaired) electrons. The van der Waals surface area contributed by atoms with Gasteiger partial charge in [-0.2, -0.15) is 13.2 Å². The van der Waals surface area contributed by atoms with Crippen molar-refractivity contribution in [1.82, 2.24) is 10.6 Å². The molecule has 0 aromatic heterocycles. The number of hydrogen-bond donors (Lipinski definition) is 3. The lowest BCUT2D eigenvalue weighted by Gasteiger charge is -2.18. The quantitative estimate of drug-likeness (QED) is 0.711. The Morgan fingerprint density at radius 3 is 2.46 bits per heavy atom. The average molecular weight is 346 g/mol. The van der Waals surface area contributed by atoms with Crippen molar-refractivity contribution < 1.29 is 27.8 Å². The van der Waals surface area contributed by atoms with Gasteiger partial charge in [0.2, 0.25) is 0 Å². The van der Waals surface area contributed by atoms with E-state index in [1.165, 1.54) is 12.1 Å². The van der Waals surface area contributed by atoms with E-state index in [0.717, 1.165) is 18.4 Å². The first-order chi connectivity index (χ1) is 11.2. The molecule has 3 N–H and O–H groups in total. The monoisotopic (exact) mass is 346 g/mol. The van der Waals surface area contributed by atoms with Crippen molar-refractivity contribution in [3.05, 3.63) is 29.8 Å². The first kappa shape index (κ1) is 18.4. The molecular formula is C16H21F3N2O3. The van der Waals surface area contributed by atoms with E-state index in [1.807, 2.05) is 0 Å². The Hall–Kier alpha value is -1.96. The zero-order chi connectivity index (χ0) is 17.8. The molecule has 1 aromatic rings. The van der Waals surface area contributed by atoms with Crippen LogP contribution in [0.15, 0.2) is 24.3 Å². The van der Waals surface area contributed by atoms with E-state index < -0.39 is 12.8 Å². The van der Waals surface area contributed by atoms with Gasteiger partial charge in [0.1, 0.15) is 5.75 Å². The summed E-state index contributed by atoms with van der Waals surface area (Å²) in [6, 6.07) is 5.41. The highest BCUT2D eigenvalue weighted by atomic mass is 19.4. The van der Waals surface area contributed by atoms with Gasteiger partial charge in [-0.3, -0.25) is 0 Å². The fraction of sp³-hybridized carbons (Fsp3) is 0.562. The summed E-state index contributed by atoms with van der Waals surface area (Å²) in [4.78, 5) is 11.8. The van der Waals surface area contributed by atoms with E-state index in [4.69, 9.17) is 0 Å². The normalized spacial score (nSPS) is 17.0. The Bertz CT molecular complexity index is 557. The number of rotatable bonds is 7. The predicted molar refractivity (Wildman–Crippen MR) is 81.7 cm³/mol. The lowest BCUT2D eigenvalue weighted by atomic mass is 10.1. The van der Waals surface area contributed by atoms with Gasteiger partial charge in [-0.1, -0.05) is 12.1 Å². The van der Waals surface area contributed by atoms with E-state index in [2.05, 4.69) is 15.4 Å². The number of aliphatic hydroxyl groups excluding tert-OH is 1. The lowest BCUT2D eigenvalue weighted by molar-refractivity contribution is -0.153. The number of amides is 2. The van der Waals surface area contributed by atoms with Gasteiger partial charge in [-0.15, -0.1) is 0 Å². The van der Waals surface area contributed by atoms with Crippen LogP contribution >= 0.6 is 0 Å². The molecule has 2 amide bonds. The highest BCUT2D eigenvalue weighted by molar-refractivity contribution is 5.74. The molecule has 1 saturated carbocycles. The molecule has 2 rings (SSSR count). The van der Waals surface area contributed by atoms with Gasteiger partial charge in [-0.05, 0) is 37.5 Å². The van der Waals surface area contributed by atoms with Crippen molar-refractivity contribution in [2.45, 2.75) is 32.0 Å². The summed E-state index contributed by atoms with van der Waals surface area (Å²) in [5.41, 5.74) is 0.575. The molecule has 0 bridgehead atoms. The Morgan fingerprint density at radius 2 is 1.96 bits per heavy atom. The number of benzene rings is 1. The second kappa shape index (κ2) is 7.29. The summed E-state index contributed by atoms with van der Waals surface area (Å²) in [5.74, 6) is 0.117. The molecule has 8 heteroatoms. The van der Waals surface area contributed by atoms with Gasteiger partial charge in [0.25, 0.3) is 0 Å². The third-order valence-corrected chi connectivity index (χ3v) is 4.05. The largest absolute Gasteiger partial charge is 0.484 e. The number of urea groups is 1. The Balaban J connectivity index is 1.79. The second-order valence-electron chi connectivity index (χ2n) is 6.18. The summed E-state index contributed by atoms with van der Waals surface area (Å²) < 4.78 is 40.9. The smallest absolute Gasteiger partial charge is 0.422 e. The van der Waals surface area contributed by atoms with Crippen molar-refractivity contribution >= 4 is 6.03 Å². The fourth-order valence-corrected chi connectivity index (χ4v) is 2.18. The van der Waals surface area contributed by atoms with Gasteiger partial charge in [-0.25, -0.2) is 4.79 Å². The standard InChI is InChI=1S/C16H21F3N2O3/c1-11(21-14(23)20-8-15(9-22)6-7-15)12-2-4-13(5-3-12)24-10-16(17,18)19/h2-5,11,22H,6-10H2,1H3,(H2,20,21,23). The van der Waals surface area contributed by atoms with Gasteiger partial charge >= 0.3 is 12.2 Å². The molecule has 0 heterocycles. The predicted octanol–water partition coefficient (Wildman–Crippen LogP) is 2.76. The summed E-state index contributed by atoms with van der Waals surface area (Å²) in [6.45, 7) is 0.910. The van der Waals surface area contributed by atoms with Crippen molar-refractivity contribution in [3.8, 4) is 5.75 Å². The number of alkyl halides is 3. The van der Waals surface area contributed by atoms with Crippen LogP contribution in [0.25, 0.3) is 0 Å². The number of aliphatic hydroxyl groups is 1. The molecule has 5 nitrogen and oxygen atoms in total. The molecule has 1 aromatic carbocycles. The third kappa shape index (κ3) is 5.59. The lowest BCUT2D eigenvalue weighted by Crippen LogP contribution is -2.40. The number of nitrogens with one attached hydrogen (secondary N) is 2. The highest BCUT2D eigenvalue weighted by Gasteiger charge is 2.42. The van der Waals surface area contributed by atoms with Crippen LogP contribution in [0.1, 0.15) is 31.4 Å². The highest BCUT2D eigenvalue weighted by Crippen LogP contribution is 2.44. The maximum atomic E-state index is 12.1.